The molecule has 0 spiro atoms. The SMILES string of the molecule is O=C(O)c1cc(O)c([O-])c(O)c1.[Cu+]. The number of rotatable bonds is 1. The third-order valence-electron chi connectivity index (χ3n) is 1.30. The molecular formula is C7H5CuO5. The van der Waals surface area contributed by atoms with Gasteiger partial charge in [0.1, 0.15) is 11.5 Å². The fraction of sp³-hybridized carbons (Fsp3) is 0. The largest absolute Gasteiger partial charge is 1.00 e. The smallest absolute Gasteiger partial charge is 0.867 e. The van der Waals surface area contributed by atoms with E-state index in [1.165, 1.54) is 0 Å². The van der Waals surface area contributed by atoms with Gasteiger partial charge in [-0.3, -0.25) is 0 Å². The maximum absolute atomic E-state index is 10.7. The molecule has 1 aromatic carbocycles. The number of carboxylic acids is 1. The number of aromatic carboxylic acids is 1. The molecule has 5 nitrogen and oxygen atoms in total. The zero-order valence-electron chi connectivity index (χ0n) is 6.11. The molecule has 0 radical (unpaired) electrons. The van der Waals surface area contributed by atoms with Gasteiger partial charge in [-0.2, -0.15) is 0 Å². The summed E-state index contributed by atoms with van der Waals surface area (Å²) in [5.41, 5.74) is -0.329. The number of phenolic OH excluding ortho intramolecular Hbond substituents is 2. The Labute approximate surface area is 83.7 Å². The summed E-state index contributed by atoms with van der Waals surface area (Å²) in [7, 11) is 0. The summed E-state index contributed by atoms with van der Waals surface area (Å²) in [6.45, 7) is 0. The van der Waals surface area contributed by atoms with Gasteiger partial charge in [0.15, 0.2) is 0 Å². The summed E-state index contributed by atoms with van der Waals surface area (Å²) in [5, 5.41) is 36.6. The molecule has 0 unspecified atom stereocenters. The molecule has 3 N–H and O–H groups in total. The molecule has 0 saturated heterocycles. The van der Waals surface area contributed by atoms with Crippen molar-refractivity contribution in [3.8, 4) is 17.2 Å². The van der Waals surface area contributed by atoms with E-state index in [4.69, 9.17) is 15.3 Å². The van der Waals surface area contributed by atoms with Crippen LogP contribution in [0.4, 0.5) is 0 Å². The number of phenols is 2. The van der Waals surface area contributed by atoms with Crippen molar-refractivity contribution in [2.75, 3.05) is 0 Å². The minimum atomic E-state index is -1.32. The second kappa shape index (κ2) is 4.02. The average Bonchev–Trinajstić information content (AvgIpc) is 1.99. The van der Waals surface area contributed by atoms with Crippen LogP contribution in [0.1, 0.15) is 10.4 Å². The topological polar surface area (TPSA) is 101 Å². The fourth-order valence-electron chi connectivity index (χ4n) is 0.722. The van der Waals surface area contributed by atoms with E-state index < -0.39 is 23.2 Å². The summed E-state index contributed by atoms with van der Waals surface area (Å²) in [6.07, 6.45) is 0. The second-order valence-corrected chi connectivity index (χ2v) is 2.15. The van der Waals surface area contributed by atoms with Crippen molar-refractivity contribution in [2.24, 2.45) is 0 Å². The molecule has 0 amide bonds. The van der Waals surface area contributed by atoms with Crippen LogP contribution in [-0.2, 0) is 17.1 Å². The second-order valence-electron chi connectivity index (χ2n) is 2.15. The van der Waals surface area contributed by atoms with E-state index in [-0.39, 0.29) is 22.6 Å². The van der Waals surface area contributed by atoms with Gasteiger partial charge in [0, 0.05) is 0 Å². The third-order valence-corrected chi connectivity index (χ3v) is 1.30. The zero-order chi connectivity index (χ0) is 9.30. The first-order chi connectivity index (χ1) is 5.52. The molecule has 74 valence electrons. The summed E-state index contributed by atoms with van der Waals surface area (Å²) >= 11 is 0. The summed E-state index contributed by atoms with van der Waals surface area (Å²) in [6, 6.07) is 1.56. The van der Waals surface area contributed by atoms with Crippen LogP contribution in [0.15, 0.2) is 12.1 Å². The fourth-order valence-corrected chi connectivity index (χ4v) is 0.722. The Balaban J connectivity index is 0.00000144. The molecule has 0 saturated carbocycles. The van der Waals surface area contributed by atoms with Crippen LogP contribution < -0.4 is 5.11 Å². The molecule has 0 atom stereocenters. The third kappa shape index (κ3) is 2.27. The number of benzene rings is 1. The first-order valence-corrected chi connectivity index (χ1v) is 2.98. The van der Waals surface area contributed by atoms with Crippen molar-refractivity contribution < 1.29 is 42.3 Å². The van der Waals surface area contributed by atoms with Crippen LogP contribution in [-0.4, -0.2) is 21.3 Å². The Morgan fingerprint density at radius 3 is 1.92 bits per heavy atom. The molecule has 0 aliphatic carbocycles. The van der Waals surface area contributed by atoms with Gasteiger partial charge in [-0.25, -0.2) is 4.79 Å². The van der Waals surface area contributed by atoms with E-state index in [1.54, 1.807) is 0 Å². The van der Waals surface area contributed by atoms with Gasteiger partial charge < -0.3 is 20.4 Å². The normalized spacial score (nSPS) is 8.92. The van der Waals surface area contributed by atoms with Crippen molar-refractivity contribution in [3.05, 3.63) is 17.7 Å². The standard InChI is InChI=1S/C7H6O5.Cu/c8-4-1-3(7(11)12)2-5(9)6(4)10;/h1-2,8-10H,(H,11,12);/q;+1/p-1. The van der Waals surface area contributed by atoms with Crippen molar-refractivity contribution in [2.45, 2.75) is 0 Å². The summed E-state index contributed by atoms with van der Waals surface area (Å²) in [5.74, 6) is -3.83. The van der Waals surface area contributed by atoms with E-state index >= 15 is 0 Å². The summed E-state index contributed by atoms with van der Waals surface area (Å²) in [4.78, 5) is 10.3. The average molecular weight is 233 g/mol. The molecular weight excluding hydrogens is 228 g/mol. The van der Waals surface area contributed by atoms with E-state index in [2.05, 4.69) is 0 Å². The quantitative estimate of drug-likeness (QED) is 0.586. The van der Waals surface area contributed by atoms with Gasteiger partial charge in [-0.05, 0) is 17.9 Å². The molecule has 0 aliphatic heterocycles. The van der Waals surface area contributed by atoms with Gasteiger partial charge in [0.2, 0.25) is 0 Å². The number of hydrogen-bond acceptors (Lipinski definition) is 4. The zero-order valence-corrected chi connectivity index (χ0v) is 7.06. The van der Waals surface area contributed by atoms with Gasteiger partial charge in [0.25, 0.3) is 0 Å². The maximum atomic E-state index is 10.7. The van der Waals surface area contributed by atoms with Crippen molar-refractivity contribution in [1.82, 2.24) is 0 Å². The van der Waals surface area contributed by atoms with Crippen LogP contribution in [0.25, 0.3) is 0 Å². The molecule has 0 heterocycles. The van der Waals surface area contributed by atoms with Crippen molar-refractivity contribution >= 4 is 5.97 Å². The molecule has 1 aromatic rings. The van der Waals surface area contributed by atoms with E-state index in [9.17, 15) is 9.90 Å². The monoisotopic (exact) mass is 232 g/mol. The summed E-state index contributed by atoms with van der Waals surface area (Å²) < 4.78 is 0. The Bertz CT molecular complexity index is 313. The van der Waals surface area contributed by atoms with Crippen molar-refractivity contribution in [3.63, 3.8) is 0 Å². The molecule has 0 bridgehead atoms. The molecule has 13 heavy (non-hydrogen) atoms. The molecule has 1 rings (SSSR count). The Hall–Kier alpha value is -1.39. The number of hydrogen-bond donors (Lipinski definition) is 3. The minimum absolute atomic E-state index is 0. The first-order valence-electron chi connectivity index (χ1n) is 2.98. The number of carboxylic acid groups (broad SMARTS) is 1. The Morgan fingerprint density at radius 2 is 1.62 bits per heavy atom. The van der Waals surface area contributed by atoms with Crippen LogP contribution in [0, 0.1) is 0 Å². The van der Waals surface area contributed by atoms with Crippen LogP contribution >= 0.6 is 0 Å². The molecule has 0 aromatic heterocycles. The van der Waals surface area contributed by atoms with E-state index in [0.29, 0.717) is 0 Å². The Kier molecular flexibility index (Phi) is 3.59. The van der Waals surface area contributed by atoms with Gasteiger partial charge in [-0.1, -0.05) is 0 Å². The predicted molar refractivity (Wildman–Crippen MR) is 36.2 cm³/mol. The van der Waals surface area contributed by atoms with Gasteiger partial charge in [0.05, 0.1) is 5.56 Å². The van der Waals surface area contributed by atoms with E-state index in [0.717, 1.165) is 12.1 Å². The maximum Gasteiger partial charge on any atom is 1.00 e. The predicted octanol–water partition coefficient (Wildman–Crippen LogP) is -0.133. The van der Waals surface area contributed by atoms with E-state index in [1.807, 2.05) is 0 Å². The molecule has 0 aliphatic rings. The minimum Gasteiger partial charge on any atom is -0.867 e. The van der Waals surface area contributed by atoms with Gasteiger partial charge >= 0.3 is 23.0 Å². The van der Waals surface area contributed by atoms with Crippen LogP contribution in [0.5, 0.6) is 17.2 Å². The molecule has 6 heteroatoms. The molecule has 0 fully saturated rings. The van der Waals surface area contributed by atoms with Crippen LogP contribution in [0.2, 0.25) is 0 Å². The van der Waals surface area contributed by atoms with Crippen LogP contribution in [0.3, 0.4) is 0 Å². The Morgan fingerprint density at radius 1 is 1.23 bits per heavy atom. The number of aromatic hydroxyl groups is 2. The van der Waals surface area contributed by atoms with Gasteiger partial charge in [-0.15, -0.1) is 0 Å². The van der Waals surface area contributed by atoms with Crippen molar-refractivity contribution in [1.29, 1.82) is 0 Å². The number of carbonyl (C=O) groups is 1. The first kappa shape index (κ1) is 11.6.